The number of benzene rings is 2. The molecule has 17 heavy (non-hydrogen) atoms. The first kappa shape index (κ1) is 11.3. The molecule has 0 radical (unpaired) electrons. The fourth-order valence-corrected chi connectivity index (χ4v) is 1.72. The second-order valence-corrected chi connectivity index (χ2v) is 3.88. The van der Waals surface area contributed by atoms with E-state index in [1.165, 1.54) is 5.56 Å². The Morgan fingerprint density at radius 1 is 0.941 bits per heavy atom. The van der Waals surface area contributed by atoms with Crippen LogP contribution in [0, 0.1) is 0 Å². The van der Waals surface area contributed by atoms with Crippen molar-refractivity contribution in [2.45, 2.75) is 6.42 Å². The molecule has 0 aliphatic heterocycles. The van der Waals surface area contributed by atoms with Crippen molar-refractivity contribution in [1.82, 2.24) is 0 Å². The quantitative estimate of drug-likeness (QED) is 0.570. The van der Waals surface area contributed by atoms with Crippen molar-refractivity contribution in [3.63, 3.8) is 0 Å². The van der Waals surface area contributed by atoms with E-state index in [4.69, 9.17) is 0 Å². The normalized spacial score (nSPS) is 9.88. The van der Waals surface area contributed by atoms with Crippen LogP contribution in [0.1, 0.15) is 21.5 Å². The summed E-state index contributed by atoms with van der Waals surface area (Å²) < 4.78 is 0. The third-order valence-corrected chi connectivity index (χ3v) is 2.63. The Balaban J connectivity index is 2.23. The zero-order chi connectivity index (χ0) is 12.1. The van der Waals surface area contributed by atoms with Crippen LogP contribution in [0.5, 0.6) is 0 Å². The van der Waals surface area contributed by atoms with E-state index < -0.39 is 0 Å². The first-order valence-corrected chi connectivity index (χ1v) is 5.61. The van der Waals surface area contributed by atoms with E-state index in [1.807, 2.05) is 60.7 Å². The molecule has 0 N–H and O–H groups in total. The van der Waals surface area contributed by atoms with Gasteiger partial charge in [-0.3, -0.25) is 4.79 Å². The van der Waals surface area contributed by atoms with Crippen LogP contribution >= 0.6 is 0 Å². The van der Waals surface area contributed by atoms with Gasteiger partial charge in [0.1, 0.15) is 0 Å². The largest absolute Gasteiger partial charge is 0.289 e. The van der Waals surface area contributed by atoms with E-state index in [-0.39, 0.29) is 5.78 Å². The Labute approximate surface area is 101 Å². The fraction of sp³-hybridized carbons (Fsp3) is 0.0625. The molecule has 0 atom stereocenters. The summed E-state index contributed by atoms with van der Waals surface area (Å²) in [4.78, 5) is 12.1. The Hall–Kier alpha value is -2.15. The van der Waals surface area contributed by atoms with Gasteiger partial charge in [-0.2, -0.15) is 0 Å². The molecule has 0 amide bonds. The van der Waals surface area contributed by atoms with Gasteiger partial charge >= 0.3 is 0 Å². The molecule has 0 unspecified atom stereocenters. The van der Waals surface area contributed by atoms with Gasteiger partial charge in [-0.05, 0) is 12.0 Å². The molecule has 0 fully saturated rings. The van der Waals surface area contributed by atoms with Gasteiger partial charge in [-0.25, -0.2) is 0 Å². The third kappa shape index (κ3) is 2.70. The van der Waals surface area contributed by atoms with Crippen LogP contribution in [-0.4, -0.2) is 5.78 Å². The lowest BCUT2D eigenvalue weighted by Gasteiger charge is -2.02. The van der Waals surface area contributed by atoms with Crippen LogP contribution in [0.15, 0.2) is 67.3 Å². The minimum atomic E-state index is 0.0655. The molecule has 0 aliphatic rings. The topological polar surface area (TPSA) is 17.1 Å². The van der Waals surface area contributed by atoms with Crippen LogP contribution in [-0.2, 0) is 6.42 Å². The van der Waals surface area contributed by atoms with E-state index in [2.05, 4.69) is 6.58 Å². The van der Waals surface area contributed by atoms with Crippen LogP contribution in [0.2, 0.25) is 0 Å². The molecule has 1 nitrogen and oxygen atoms in total. The predicted octanol–water partition coefficient (Wildman–Crippen LogP) is 3.65. The SMILES string of the molecule is C=CCc1ccc(C(=O)c2ccccc2)cc1. The van der Waals surface area contributed by atoms with Crippen molar-refractivity contribution < 1.29 is 4.79 Å². The lowest BCUT2D eigenvalue weighted by molar-refractivity contribution is 0.103. The molecule has 0 spiro atoms. The van der Waals surface area contributed by atoms with Gasteiger partial charge in [0.05, 0.1) is 0 Å². The molecule has 84 valence electrons. The summed E-state index contributed by atoms with van der Waals surface area (Å²) >= 11 is 0. The summed E-state index contributed by atoms with van der Waals surface area (Å²) in [6.45, 7) is 3.69. The van der Waals surface area contributed by atoms with Crippen LogP contribution in [0.25, 0.3) is 0 Å². The second kappa shape index (κ2) is 5.26. The highest BCUT2D eigenvalue weighted by Crippen LogP contribution is 2.11. The molecular weight excluding hydrogens is 208 g/mol. The fourth-order valence-electron chi connectivity index (χ4n) is 1.72. The number of hydrogen-bond donors (Lipinski definition) is 0. The minimum absolute atomic E-state index is 0.0655. The lowest BCUT2D eigenvalue weighted by atomic mass is 10.0. The Kier molecular flexibility index (Phi) is 3.51. The van der Waals surface area contributed by atoms with Crippen LogP contribution < -0.4 is 0 Å². The lowest BCUT2D eigenvalue weighted by Crippen LogP contribution is -2.00. The predicted molar refractivity (Wildman–Crippen MR) is 70.2 cm³/mol. The molecule has 0 aromatic heterocycles. The zero-order valence-electron chi connectivity index (χ0n) is 9.60. The van der Waals surface area contributed by atoms with E-state index in [0.717, 1.165) is 17.5 Å². The highest BCUT2D eigenvalue weighted by Gasteiger charge is 2.07. The second-order valence-electron chi connectivity index (χ2n) is 3.88. The number of carbonyl (C=O) groups excluding carboxylic acids is 1. The monoisotopic (exact) mass is 222 g/mol. The highest BCUT2D eigenvalue weighted by molar-refractivity contribution is 6.08. The average molecular weight is 222 g/mol. The van der Waals surface area contributed by atoms with Crippen molar-refractivity contribution in [3.8, 4) is 0 Å². The molecule has 0 heterocycles. The summed E-state index contributed by atoms with van der Waals surface area (Å²) in [5.74, 6) is 0.0655. The standard InChI is InChI=1S/C16H14O/c1-2-6-13-9-11-15(12-10-13)16(17)14-7-4-3-5-8-14/h2-5,7-12H,1,6H2. The molecular formula is C16H14O. The maximum Gasteiger partial charge on any atom is 0.193 e. The summed E-state index contributed by atoms with van der Waals surface area (Å²) in [6, 6.07) is 17.0. The van der Waals surface area contributed by atoms with E-state index in [1.54, 1.807) is 0 Å². The average Bonchev–Trinajstić information content (AvgIpc) is 2.40. The summed E-state index contributed by atoms with van der Waals surface area (Å²) in [5, 5.41) is 0. The number of rotatable bonds is 4. The minimum Gasteiger partial charge on any atom is -0.289 e. The number of hydrogen-bond acceptors (Lipinski definition) is 1. The Bertz CT molecular complexity index is 509. The van der Waals surface area contributed by atoms with Crippen molar-refractivity contribution in [2.75, 3.05) is 0 Å². The first-order chi connectivity index (χ1) is 8.31. The summed E-state index contributed by atoms with van der Waals surface area (Å²) in [7, 11) is 0. The summed E-state index contributed by atoms with van der Waals surface area (Å²) in [6.07, 6.45) is 2.69. The Morgan fingerprint density at radius 3 is 2.12 bits per heavy atom. The number of ketones is 1. The van der Waals surface area contributed by atoms with Crippen molar-refractivity contribution in [3.05, 3.63) is 83.9 Å². The third-order valence-electron chi connectivity index (χ3n) is 2.63. The maximum absolute atomic E-state index is 12.1. The first-order valence-electron chi connectivity index (χ1n) is 5.61. The summed E-state index contributed by atoms with van der Waals surface area (Å²) in [5.41, 5.74) is 2.62. The molecule has 1 heteroatoms. The van der Waals surface area contributed by atoms with E-state index >= 15 is 0 Å². The van der Waals surface area contributed by atoms with Gasteiger partial charge < -0.3 is 0 Å². The van der Waals surface area contributed by atoms with Crippen LogP contribution in [0.3, 0.4) is 0 Å². The van der Waals surface area contributed by atoms with Gasteiger partial charge in [-0.15, -0.1) is 6.58 Å². The van der Waals surface area contributed by atoms with Crippen molar-refractivity contribution >= 4 is 5.78 Å². The van der Waals surface area contributed by atoms with Crippen molar-refractivity contribution in [2.24, 2.45) is 0 Å². The van der Waals surface area contributed by atoms with Gasteiger partial charge in [0.15, 0.2) is 5.78 Å². The van der Waals surface area contributed by atoms with E-state index in [0.29, 0.717) is 0 Å². The molecule has 2 aromatic rings. The molecule has 2 rings (SSSR count). The Morgan fingerprint density at radius 2 is 1.53 bits per heavy atom. The van der Waals surface area contributed by atoms with E-state index in [9.17, 15) is 4.79 Å². The number of carbonyl (C=O) groups is 1. The zero-order valence-corrected chi connectivity index (χ0v) is 9.60. The maximum atomic E-state index is 12.1. The van der Waals surface area contributed by atoms with Gasteiger partial charge in [-0.1, -0.05) is 60.7 Å². The molecule has 0 bridgehead atoms. The molecule has 0 aliphatic carbocycles. The molecule has 0 saturated carbocycles. The van der Waals surface area contributed by atoms with Crippen LogP contribution in [0.4, 0.5) is 0 Å². The van der Waals surface area contributed by atoms with Crippen molar-refractivity contribution in [1.29, 1.82) is 0 Å². The molecule has 2 aromatic carbocycles. The van der Waals surface area contributed by atoms with Gasteiger partial charge in [0.25, 0.3) is 0 Å². The highest BCUT2D eigenvalue weighted by atomic mass is 16.1. The van der Waals surface area contributed by atoms with Gasteiger partial charge in [0.2, 0.25) is 0 Å². The van der Waals surface area contributed by atoms with Gasteiger partial charge in [0, 0.05) is 11.1 Å². The molecule has 0 saturated heterocycles. The smallest absolute Gasteiger partial charge is 0.193 e. The number of allylic oxidation sites excluding steroid dienone is 1.